The number of allylic oxidation sites excluding steroid dienone is 2. The third kappa shape index (κ3) is 2.79. The van der Waals surface area contributed by atoms with E-state index >= 15 is 0 Å². The number of nitrogens with one attached hydrogen (secondary N) is 1. The molecule has 0 saturated heterocycles. The summed E-state index contributed by atoms with van der Waals surface area (Å²) in [6.45, 7) is 2.03. The molecule has 5 heteroatoms. The predicted molar refractivity (Wildman–Crippen MR) is 88.0 cm³/mol. The van der Waals surface area contributed by atoms with Crippen molar-refractivity contribution in [2.24, 2.45) is 4.99 Å². The lowest BCUT2D eigenvalue weighted by Crippen LogP contribution is -1.80. The molecule has 0 aliphatic heterocycles. The van der Waals surface area contributed by atoms with E-state index in [1.165, 1.54) is 4.88 Å². The summed E-state index contributed by atoms with van der Waals surface area (Å²) < 4.78 is 0. The van der Waals surface area contributed by atoms with Crippen molar-refractivity contribution in [1.29, 1.82) is 0 Å². The highest BCUT2D eigenvalue weighted by atomic mass is 32.1. The van der Waals surface area contributed by atoms with Crippen molar-refractivity contribution in [2.75, 3.05) is 0 Å². The fraction of sp³-hybridized carbons (Fsp3) is 0.0667. The molecule has 0 aliphatic carbocycles. The SMILES string of the molecule is C/C=C(\C=Nc1cc(-c2cncs2)c[nH]1)c1cccs1. The Hall–Kier alpha value is -1.98. The zero-order chi connectivity index (χ0) is 13.8. The van der Waals surface area contributed by atoms with Crippen LogP contribution in [0.5, 0.6) is 0 Å². The number of rotatable bonds is 4. The van der Waals surface area contributed by atoms with Gasteiger partial charge in [-0.1, -0.05) is 12.1 Å². The van der Waals surface area contributed by atoms with Crippen molar-refractivity contribution in [1.82, 2.24) is 9.97 Å². The van der Waals surface area contributed by atoms with Gasteiger partial charge in [0.2, 0.25) is 0 Å². The van der Waals surface area contributed by atoms with E-state index in [9.17, 15) is 0 Å². The van der Waals surface area contributed by atoms with Crippen LogP contribution >= 0.6 is 22.7 Å². The minimum Gasteiger partial charge on any atom is -0.346 e. The second-order valence-corrected chi connectivity index (χ2v) is 5.95. The first-order chi connectivity index (χ1) is 9.86. The number of hydrogen-bond acceptors (Lipinski definition) is 4. The van der Waals surface area contributed by atoms with Crippen molar-refractivity contribution in [3.8, 4) is 10.4 Å². The molecule has 20 heavy (non-hydrogen) atoms. The average molecular weight is 299 g/mol. The molecule has 0 atom stereocenters. The normalized spacial score (nSPS) is 12.3. The first-order valence-electron chi connectivity index (χ1n) is 6.18. The number of thiophene rings is 1. The second kappa shape index (κ2) is 5.98. The van der Waals surface area contributed by atoms with Gasteiger partial charge < -0.3 is 4.98 Å². The molecule has 0 spiro atoms. The van der Waals surface area contributed by atoms with E-state index < -0.39 is 0 Å². The average Bonchev–Trinajstić information content (AvgIpc) is 3.22. The van der Waals surface area contributed by atoms with Crippen LogP contribution in [0.4, 0.5) is 5.82 Å². The lowest BCUT2D eigenvalue weighted by molar-refractivity contribution is 1.35. The highest BCUT2D eigenvalue weighted by Gasteiger charge is 2.03. The van der Waals surface area contributed by atoms with Crippen molar-refractivity contribution in [3.05, 3.63) is 52.4 Å². The quantitative estimate of drug-likeness (QED) is 0.676. The Labute approximate surface area is 125 Å². The van der Waals surface area contributed by atoms with Gasteiger partial charge in [-0.25, -0.2) is 4.99 Å². The van der Waals surface area contributed by atoms with Gasteiger partial charge in [-0.2, -0.15) is 0 Å². The second-order valence-electron chi connectivity index (χ2n) is 4.12. The maximum atomic E-state index is 4.51. The third-order valence-electron chi connectivity index (χ3n) is 2.84. The molecule has 3 aromatic heterocycles. The van der Waals surface area contributed by atoms with Gasteiger partial charge in [0.15, 0.2) is 0 Å². The first-order valence-corrected chi connectivity index (χ1v) is 7.94. The molecule has 0 radical (unpaired) electrons. The molecule has 3 aromatic rings. The Morgan fingerprint density at radius 2 is 2.35 bits per heavy atom. The lowest BCUT2D eigenvalue weighted by Gasteiger charge is -1.95. The summed E-state index contributed by atoms with van der Waals surface area (Å²) >= 11 is 3.34. The molecule has 1 N–H and O–H groups in total. The van der Waals surface area contributed by atoms with E-state index in [1.54, 1.807) is 22.7 Å². The molecular weight excluding hydrogens is 286 g/mol. The van der Waals surface area contributed by atoms with Gasteiger partial charge >= 0.3 is 0 Å². The van der Waals surface area contributed by atoms with Crippen LogP contribution in [0.25, 0.3) is 16.0 Å². The third-order valence-corrected chi connectivity index (χ3v) is 4.59. The lowest BCUT2D eigenvalue weighted by atomic mass is 10.2. The standard InChI is InChI=1S/C15H13N3S2/c1-2-11(13-4-3-5-19-13)7-17-15-6-12(8-18-15)14-9-16-10-20-14/h2-10,18H,1H3/b11-2+,17-7?. The molecule has 0 aliphatic rings. The van der Waals surface area contributed by atoms with Crippen molar-refractivity contribution in [3.63, 3.8) is 0 Å². The van der Waals surface area contributed by atoms with E-state index in [0.717, 1.165) is 21.8 Å². The van der Waals surface area contributed by atoms with Crippen molar-refractivity contribution >= 4 is 40.3 Å². The van der Waals surface area contributed by atoms with Crippen LogP contribution in [0.2, 0.25) is 0 Å². The molecule has 0 amide bonds. The highest BCUT2D eigenvalue weighted by Crippen LogP contribution is 2.27. The van der Waals surface area contributed by atoms with E-state index in [2.05, 4.69) is 32.5 Å². The molecule has 3 heterocycles. The number of aromatic amines is 1. The van der Waals surface area contributed by atoms with Gasteiger partial charge in [0, 0.05) is 34.6 Å². The Bertz CT molecular complexity index is 719. The minimum atomic E-state index is 0.851. The van der Waals surface area contributed by atoms with Gasteiger partial charge in [-0.3, -0.25) is 4.98 Å². The topological polar surface area (TPSA) is 41.0 Å². The summed E-state index contributed by atoms with van der Waals surface area (Å²) in [6.07, 6.45) is 7.79. The summed E-state index contributed by atoms with van der Waals surface area (Å²) in [5.41, 5.74) is 4.09. The van der Waals surface area contributed by atoms with Gasteiger partial charge in [0.25, 0.3) is 0 Å². The van der Waals surface area contributed by atoms with E-state index in [4.69, 9.17) is 0 Å². The van der Waals surface area contributed by atoms with Crippen LogP contribution in [-0.4, -0.2) is 16.2 Å². The van der Waals surface area contributed by atoms with Gasteiger partial charge in [0.05, 0.1) is 10.4 Å². The van der Waals surface area contributed by atoms with Crippen LogP contribution in [0.1, 0.15) is 11.8 Å². The van der Waals surface area contributed by atoms with Crippen molar-refractivity contribution in [2.45, 2.75) is 6.92 Å². The number of H-pyrrole nitrogens is 1. The minimum absolute atomic E-state index is 0.851. The molecule has 0 aromatic carbocycles. The van der Waals surface area contributed by atoms with Gasteiger partial charge in [-0.05, 0) is 24.4 Å². The maximum Gasteiger partial charge on any atom is 0.130 e. The molecule has 100 valence electrons. The Balaban J connectivity index is 1.79. The van der Waals surface area contributed by atoms with E-state index in [-0.39, 0.29) is 0 Å². The summed E-state index contributed by atoms with van der Waals surface area (Å²) in [6, 6.07) is 6.18. The summed E-state index contributed by atoms with van der Waals surface area (Å²) in [5.74, 6) is 0.851. The fourth-order valence-electron chi connectivity index (χ4n) is 1.82. The Morgan fingerprint density at radius 3 is 3.05 bits per heavy atom. The highest BCUT2D eigenvalue weighted by molar-refractivity contribution is 7.13. The summed E-state index contributed by atoms with van der Waals surface area (Å²) in [7, 11) is 0. The molecule has 0 fully saturated rings. The molecule has 0 saturated carbocycles. The van der Waals surface area contributed by atoms with Crippen LogP contribution < -0.4 is 0 Å². The predicted octanol–water partition coefficient (Wildman–Crippen LogP) is 5.01. The van der Waals surface area contributed by atoms with E-state index in [0.29, 0.717) is 0 Å². The number of nitrogens with zero attached hydrogens (tertiary/aromatic N) is 2. The number of aliphatic imine (C=N–C) groups is 1. The molecule has 0 bridgehead atoms. The van der Waals surface area contributed by atoms with Gasteiger partial charge in [0.1, 0.15) is 5.82 Å². The largest absolute Gasteiger partial charge is 0.346 e. The fourth-order valence-corrected chi connectivity index (χ4v) is 3.20. The van der Waals surface area contributed by atoms with Crippen LogP contribution in [0.15, 0.2) is 52.6 Å². The summed E-state index contributed by atoms with van der Waals surface area (Å²) in [4.78, 5) is 14.1. The molecular formula is C15H13N3S2. The molecule has 3 rings (SSSR count). The van der Waals surface area contributed by atoms with Crippen LogP contribution in [-0.2, 0) is 0 Å². The molecule has 3 nitrogen and oxygen atoms in total. The molecule has 0 unspecified atom stereocenters. The van der Waals surface area contributed by atoms with E-state index in [1.807, 2.05) is 43.2 Å². The Kier molecular flexibility index (Phi) is 3.90. The van der Waals surface area contributed by atoms with Crippen molar-refractivity contribution < 1.29 is 0 Å². The van der Waals surface area contributed by atoms with Crippen LogP contribution in [0.3, 0.4) is 0 Å². The first kappa shape index (κ1) is 13.0. The zero-order valence-corrected chi connectivity index (χ0v) is 12.5. The monoisotopic (exact) mass is 299 g/mol. The zero-order valence-electron chi connectivity index (χ0n) is 10.9. The summed E-state index contributed by atoms with van der Waals surface area (Å²) in [5, 5.41) is 2.07. The maximum absolute atomic E-state index is 4.51. The number of aromatic nitrogens is 2. The number of hydrogen-bond donors (Lipinski definition) is 1. The number of thiazole rings is 1. The Morgan fingerprint density at radius 1 is 1.40 bits per heavy atom. The smallest absolute Gasteiger partial charge is 0.130 e. The van der Waals surface area contributed by atoms with Gasteiger partial charge in [-0.15, -0.1) is 22.7 Å². The van der Waals surface area contributed by atoms with Crippen LogP contribution in [0, 0.1) is 0 Å².